The number of halogens is 2. The van der Waals surface area contributed by atoms with Crippen molar-refractivity contribution < 1.29 is 31.0 Å². The molecule has 0 aromatic carbocycles. The number of alkyl halides is 2. The van der Waals surface area contributed by atoms with Gasteiger partial charge in [0.1, 0.15) is 0 Å². The largest absolute Gasteiger partial charge is 1.00 e. The van der Waals surface area contributed by atoms with E-state index in [0.717, 1.165) is 24.6 Å². The van der Waals surface area contributed by atoms with Gasteiger partial charge in [-0.05, 0) is 12.8 Å². The Kier molecular flexibility index (Phi) is 17.1. The van der Waals surface area contributed by atoms with Gasteiger partial charge >= 0.3 is 29.6 Å². The van der Waals surface area contributed by atoms with Gasteiger partial charge in [-0.15, -0.1) is 23.2 Å². The molecule has 0 saturated carbocycles. The topological polar surface area (TPSA) is 0 Å². The number of hydrogen-bond acceptors (Lipinski definition) is 0. The standard InChI is InChI=1S/C4H8Cl2.Na.H/c5-3-1-2-4-6;;/h1-4H2;;/q;+1;-1. The molecule has 0 bridgehead atoms. The van der Waals surface area contributed by atoms with Crippen LogP contribution in [0.3, 0.4) is 0 Å². The van der Waals surface area contributed by atoms with Crippen LogP contribution in [0.25, 0.3) is 0 Å². The first-order valence-electron chi connectivity index (χ1n) is 2.03. The Bertz CT molecular complexity index is 26.0. The third-order valence-corrected chi connectivity index (χ3v) is 1.05. The van der Waals surface area contributed by atoms with Gasteiger partial charge in [0, 0.05) is 11.8 Å². The van der Waals surface area contributed by atoms with Crippen LogP contribution in [0.4, 0.5) is 0 Å². The summed E-state index contributed by atoms with van der Waals surface area (Å²) in [6, 6.07) is 0. The van der Waals surface area contributed by atoms with E-state index in [1.807, 2.05) is 0 Å². The minimum atomic E-state index is 0. The normalized spacial score (nSPS) is 7.71. The fourth-order valence-electron chi connectivity index (χ4n) is 0.189. The molecule has 0 fully saturated rings. The van der Waals surface area contributed by atoms with Gasteiger partial charge in [-0.25, -0.2) is 0 Å². The summed E-state index contributed by atoms with van der Waals surface area (Å²) in [5.41, 5.74) is 0. The molecule has 0 aliphatic carbocycles. The van der Waals surface area contributed by atoms with Crippen LogP contribution in [-0.2, 0) is 0 Å². The molecule has 0 atom stereocenters. The summed E-state index contributed by atoms with van der Waals surface area (Å²) in [5, 5.41) is 0. The summed E-state index contributed by atoms with van der Waals surface area (Å²) in [7, 11) is 0. The number of rotatable bonds is 3. The van der Waals surface area contributed by atoms with E-state index in [4.69, 9.17) is 23.2 Å². The van der Waals surface area contributed by atoms with Crippen molar-refractivity contribution in [3.8, 4) is 0 Å². The molecular weight excluding hydrogens is 142 g/mol. The van der Waals surface area contributed by atoms with Gasteiger partial charge in [0.2, 0.25) is 0 Å². The molecule has 3 heteroatoms. The van der Waals surface area contributed by atoms with Crippen LogP contribution in [0.2, 0.25) is 0 Å². The third kappa shape index (κ3) is 11.3. The van der Waals surface area contributed by atoms with E-state index in [9.17, 15) is 0 Å². The van der Waals surface area contributed by atoms with Crippen molar-refractivity contribution in [3.05, 3.63) is 0 Å². The van der Waals surface area contributed by atoms with E-state index in [1.54, 1.807) is 0 Å². The summed E-state index contributed by atoms with van der Waals surface area (Å²) in [5.74, 6) is 1.49. The Morgan fingerprint density at radius 2 is 1.29 bits per heavy atom. The van der Waals surface area contributed by atoms with Crippen molar-refractivity contribution in [1.82, 2.24) is 0 Å². The molecule has 0 aliphatic heterocycles. The Morgan fingerprint density at radius 3 is 1.43 bits per heavy atom. The van der Waals surface area contributed by atoms with Crippen LogP contribution in [0.5, 0.6) is 0 Å². The average molecular weight is 151 g/mol. The maximum Gasteiger partial charge on any atom is 1.00 e. The average Bonchev–Trinajstić information content (AvgIpc) is 1.61. The first-order chi connectivity index (χ1) is 2.91. The van der Waals surface area contributed by atoms with E-state index in [0.29, 0.717) is 0 Å². The Hall–Kier alpha value is 1.58. The van der Waals surface area contributed by atoms with E-state index >= 15 is 0 Å². The molecule has 0 aromatic rings. The molecule has 0 aliphatic rings. The molecule has 0 aromatic heterocycles. The molecule has 0 rings (SSSR count). The summed E-state index contributed by atoms with van der Waals surface area (Å²) < 4.78 is 0. The maximum atomic E-state index is 5.32. The first-order valence-corrected chi connectivity index (χ1v) is 3.10. The van der Waals surface area contributed by atoms with Gasteiger partial charge in [0.15, 0.2) is 0 Å². The molecule has 0 spiro atoms. The van der Waals surface area contributed by atoms with Crippen molar-refractivity contribution in [1.29, 1.82) is 0 Å². The second-order valence-electron chi connectivity index (χ2n) is 1.09. The molecule has 7 heavy (non-hydrogen) atoms. The van der Waals surface area contributed by atoms with Crippen molar-refractivity contribution in [2.75, 3.05) is 11.8 Å². The van der Waals surface area contributed by atoms with E-state index < -0.39 is 0 Å². The first kappa shape index (κ1) is 11.4. The Morgan fingerprint density at radius 1 is 1.00 bits per heavy atom. The molecule has 40 valence electrons. The van der Waals surface area contributed by atoms with Crippen LogP contribution >= 0.6 is 23.2 Å². The second kappa shape index (κ2) is 10.5. The summed E-state index contributed by atoms with van der Waals surface area (Å²) >= 11 is 10.6. The minimum absolute atomic E-state index is 0. The monoisotopic (exact) mass is 150 g/mol. The van der Waals surface area contributed by atoms with Gasteiger partial charge in [-0.3, -0.25) is 0 Å². The van der Waals surface area contributed by atoms with Gasteiger partial charge in [0.05, 0.1) is 0 Å². The van der Waals surface area contributed by atoms with Crippen LogP contribution < -0.4 is 29.6 Å². The fourth-order valence-corrected chi connectivity index (χ4v) is 0.567. The van der Waals surface area contributed by atoms with Crippen LogP contribution in [0, 0.1) is 0 Å². The molecule has 0 nitrogen and oxygen atoms in total. The zero-order chi connectivity index (χ0) is 4.83. The molecule has 0 N–H and O–H groups in total. The molecular formula is C4H9Cl2Na. The van der Waals surface area contributed by atoms with Crippen molar-refractivity contribution in [2.24, 2.45) is 0 Å². The number of unbranched alkanes of at least 4 members (excludes halogenated alkanes) is 1. The summed E-state index contributed by atoms with van der Waals surface area (Å²) in [6.07, 6.45) is 2.09. The quantitative estimate of drug-likeness (QED) is 0.286. The SMILES string of the molecule is ClCCCCCl.[H-].[Na+]. The van der Waals surface area contributed by atoms with Gasteiger partial charge in [-0.2, -0.15) is 0 Å². The van der Waals surface area contributed by atoms with Crippen molar-refractivity contribution in [2.45, 2.75) is 12.8 Å². The minimum Gasteiger partial charge on any atom is -1.00 e. The molecule has 0 saturated heterocycles. The Labute approximate surface area is 78.3 Å². The van der Waals surface area contributed by atoms with Crippen LogP contribution in [0.1, 0.15) is 14.3 Å². The van der Waals surface area contributed by atoms with Gasteiger partial charge < -0.3 is 1.43 Å². The Balaban J connectivity index is -0.000000125. The molecule has 0 amide bonds. The zero-order valence-corrected chi connectivity index (χ0v) is 8.10. The zero-order valence-electron chi connectivity index (χ0n) is 5.58. The van der Waals surface area contributed by atoms with E-state index in [-0.39, 0.29) is 31.0 Å². The smallest absolute Gasteiger partial charge is 1.00 e. The maximum absolute atomic E-state index is 5.32. The van der Waals surface area contributed by atoms with E-state index in [1.165, 1.54) is 0 Å². The molecule has 0 radical (unpaired) electrons. The summed E-state index contributed by atoms with van der Waals surface area (Å²) in [4.78, 5) is 0. The van der Waals surface area contributed by atoms with Crippen LogP contribution in [-0.4, -0.2) is 11.8 Å². The predicted octanol–water partition coefficient (Wildman–Crippen LogP) is -0.639. The number of hydrogen-bond donors (Lipinski definition) is 0. The third-order valence-electron chi connectivity index (χ3n) is 0.517. The second-order valence-corrected chi connectivity index (χ2v) is 1.84. The van der Waals surface area contributed by atoms with Crippen LogP contribution in [0.15, 0.2) is 0 Å². The van der Waals surface area contributed by atoms with Crippen molar-refractivity contribution in [3.63, 3.8) is 0 Å². The van der Waals surface area contributed by atoms with Gasteiger partial charge in [0.25, 0.3) is 0 Å². The van der Waals surface area contributed by atoms with E-state index in [2.05, 4.69) is 0 Å². The fraction of sp³-hybridized carbons (Fsp3) is 1.00. The molecule has 0 unspecified atom stereocenters. The molecule has 0 heterocycles. The van der Waals surface area contributed by atoms with Crippen molar-refractivity contribution >= 4 is 23.2 Å². The predicted molar refractivity (Wildman–Crippen MR) is 31.8 cm³/mol. The summed E-state index contributed by atoms with van der Waals surface area (Å²) in [6.45, 7) is 0. The van der Waals surface area contributed by atoms with Gasteiger partial charge in [-0.1, -0.05) is 0 Å².